The van der Waals surface area contributed by atoms with Crippen LogP contribution in [0.15, 0.2) is 24.3 Å². The maximum atomic E-state index is 10.7. The van der Waals surface area contributed by atoms with E-state index in [0.717, 1.165) is 0 Å². The standard InChI is InChI=1S/C11H13NO3/c1-8(11(12)14)7-15-10-5-3-2-4-9(10)6-13/h2-6,8H,7H2,1H3,(H2,12,14). The van der Waals surface area contributed by atoms with E-state index < -0.39 is 5.91 Å². The Bertz CT molecular complexity index is 363. The first kappa shape index (κ1) is 11.2. The van der Waals surface area contributed by atoms with Crippen LogP contribution in [0.3, 0.4) is 0 Å². The van der Waals surface area contributed by atoms with Gasteiger partial charge in [0, 0.05) is 0 Å². The quantitative estimate of drug-likeness (QED) is 0.732. The van der Waals surface area contributed by atoms with E-state index in [1.165, 1.54) is 0 Å². The molecule has 1 aromatic rings. The average molecular weight is 207 g/mol. The Hall–Kier alpha value is -1.84. The van der Waals surface area contributed by atoms with Crippen LogP contribution in [0, 0.1) is 5.92 Å². The second kappa shape index (κ2) is 5.14. The number of rotatable bonds is 5. The number of primary amides is 1. The first-order valence-corrected chi connectivity index (χ1v) is 4.61. The van der Waals surface area contributed by atoms with Gasteiger partial charge in [0.15, 0.2) is 6.29 Å². The first-order valence-electron chi connectivity index (χ1n) is 4.61. The fraction of sp³-hybridized carbons (Fsp3) is 0.273. The van der Waals surface area contributed by atoms with Crippen LogP contribution < -0.4 is 10.5 Å². The molecule has 1 atom stereocenters. The predicted molar refractivity (Wildman–Crippen MR) is 55.7 cm³/mol. The molecule has 15 heavy (non-hydrogen) atoms. The van der Waals surface area contributed by atoms with Crippen molar-refractivity contribution in [2.24, 2.45) is 11.7 Å². The highest BCUT2D eigenvalue weighted by Crippen LogP contribution is 2.16. The van der Waals surface area contributed by atoms with Crippen molar-refractivity contribution >= 4 is 12.2 Å². The summed E-state index contributed by atoms with van der Waals surface area (Å²) in [7, 11) is 0. The van der Waals surface area contributed by atoms with Gasteiger partial charge in [-0.05, 0) is 12.1 Å². The summed E-state index contributed by atoms with van der Waals surface area (Å²) in [4.78, 5) is 21.4. The van der Waals surface area contributed by atoms with Crippen molar-refractivity contribution in [3.8, 4) is 5.75 Å². The van der Waals surface area contributed by atoms with Gasteiger partial charge in [0.05, 0.1) is 18.1 Å². The van der Waals surface area contributed by atoms with Crippen LogP contribution in [0.1, 0.15) is 17.3 Å². The Kier molecular flexibility index (Phi) is 3.85. The first-order chi connectivity index (χ1) is 7.15. The molecule has 1 unspecified atom stereocenters. The molecule has 0 aromatic heterocycles. The molecule has 0 spiro atoms. The predicted octanol–water partition coefficient (Wildman–Crippen LogP) is 0.999. The molecule has 2 N–H and O–H groups in total. The summed E-state index contributed by atoms with van der Waals surface area (Å²) in [5.41, 5.74) is 5.55. The third-order valence-electron chi connectivity index (χ3n) is 2.02. The van der Waals surface area contributed by atoms with Crippen molar-refractivity contribution in [1.82, 2.24) is 0 Å². The minimum absolute atomic E-state index is 0.181. The van der Waals surface area contributed by atoms with Crippen molar-refractivity contribution in [3.63, 3.8) is 0 Å². The molecule has 0 aliphatic carbocycles. The molecule has 0 radical (unpaired) electrons. The van der Waals surface area contributed by atoms with Crippen LogP contribution in [-0.2, 0) is 4.79 Å². The van der Waals surface area contributed by atoms with E-state index in [2.05, 4.69) is 0 Å². The van der Waals surface area contributed by atoms with Crippen LogP contribution in [0.5, 0.6) is 5.75 Å². The van der Waals surface area contributed by atoms with Gasteiger partial charge in [-0.2, -0.15) is 0 Å². The van der Waals surface area contributed by atoms with E-state index in [0.29, 0.717) is 17.6 Å². The zero-order valence-electron chi connectivity index (χ0n) is 8.47. The Labute approximate surface area is 88.0 Å². The summed E-state index contributed by atoms with van der Waals surface area (Å²) in [5.74, 6) is -0.316. The summed E-state index contributed by atoms with van der Waals surface area (Å²) in [6, 6.07) is 6.83. The van der Waals surface area contributed by atoms with Gasteiger partial charge in [-0.15, -0.1) is 0 Å². The van der Waals surface area contributed by atoms with E-state index in [1.54, 1.807) is 31.2 Å². The van der Waals surface area contributed by atoms with Gasteiger partial charge >= 0.3 is 0 Å². The zero-order chi connectivity index (χ0) is 11.3. The Morgan fingerprint density at radius 2 is 2.20 bits per heavy atom. The molecule has 1 amide bonds. The highest BCUT2D eigenvalue weighted by Gasteiger charge is 2.10. The van der Waals surface area contributed by atoms with Crippen LogP contribution >= 0.6 is 0 Å². The topological polar surface area (TPSA) is 69.4 Å². The Morgan fingerprint density at radius 3 is 2.80 bits per heavy atom. The highest BCUT2D eigenvalue weighted by atomic mass is 16.5. The number of amides is 1. The van der Waals surface area contributed by atoms with Gasteiger partial charge < -0.3 is 10.5 Å². The van der Waals surface area contributed by atoms with Crippen LogP contribution in [0.2, 0.25) is 0 Å². The molecule has 4 heteroatoms. The summed E-state index contributed by atoms with van der Waals surface area (Å²) in [5, 5.41) is 0. The fourth-order valence-electron chi connectivity index (χ4n) is 1.01. The van der Waals surface area contributed by atoms with E-state index in [-0.39, 0.29) is 12.5 Å². The molecule has 0 bridgehead atoms. The second-order valence-corrected chi connectivity index (χ2v) is 3.27. The third-order valence-corrected chi connectivity index (χ3v) is 2.02. The molecule has 1 rings (SSSR count). The lowest BCUT2D eigenvalue weighted by atomic mass is 10.2. The van der Waals surface area contributed by atoms with E-state index >= 15 is 0 Å². The SMILES string of the molecule is CC(COc1ccccc1C=O)C(N)=O. The minimum atomic E-state index is -0.418. The molecular formula is C11H13NO3. The molecule has 4 nitrogen and oxygen atoms in total. The number of para-hydroxylation sites is 1. The van der Waals surface area contributed by atoms with Crippen molar-refractivity contribution in [2.75, 3.05) is 6.61 Å². The fourth-order valence-corrected chi connectivity index (χ4v) is 1.01. The molecule has 0 saturated heterocycles. The maximum Gasteiger partial charge on any atom is 0.223 e. The number of aldehydes is 1. The molecule has 0 aliphatic rings. The highest BCUT2D eigenvalue weighted by molar-refractivity contribution is 5.79. The number of benzene rings is 1. The second-order valence-electron chi connectivity index (χ2n) is 3.27. The minimum Gasteiger partial charge on any atom is -0.492 e. The van der Waals surface area contributed by atoms with Crippen LogP contribution in [0.4, 0.5) is 0 Å². The van der Waals surface area contributed by atoms with Gasteiger partial charge in [-0.25, -0.2) is 0 Å². The smallest absolute Gasteiger partial charge is 0.223 e. The third kappa shape index (κ3) is 3.09. The lowest BCUT2D eigenvalue weighted by Crippen LogP contribution is -2.25. The number of hydrogen-bond acceptors (Lipinski definition) is 3. The molecule has 0 aliphatic heterocycles. The Balaban J connectivity index is 2.64. The number of nitrogens with two attached hydrogens (primary N) is 1. The number of ether oxygens (including phenoxy) is 1. The van der Waals surface area contributed by atoms with Crippen molar-refractivity contribution in [3.05, 3.63) is 29.8 Å². The van der Waals surface area contributed by atoms with E-state index in [1.807, 2.05) is 0 Å². The summed E-state index contributed by atoms with van der Waals surface area (Å²) >= 11 is 0. The zero-order valence-corrected chi connectivity index (χ0v) is 8.47. The van der Waals surface area contributed by atoms with Crippen LogP contribution in [-0.4, -0.2) is 18.8 Å². The molecule has 0 heterocycles. The van der Waals surface area contributed by atoms with Gasteiger partial charge in [-0.3, -0.25) is 9.59 Å². The number of carbonyl (C=O) groups is 2. The Morgan fingerprint density at radius 1 is 1.53 bits per heavy atom. The molecule has 1 aromatic carbocycles. The van der Waals surface area contributed by atoms with Crippen molar-refractivity contribution in [2.45, 2.75) is 6.92 Å². The lowest BCUT2D eigenvalue weighted by Gasteiger charge is -2.10. The summed E-state index contributed by atoms with van der Waals surface area (Å²) in [6.45, 7) is 1.85. The monoisotopic (exact) mass is 207 g/mol. The largest absolute Gasteiger partial charge is 0.492 e. The van der Waals surface area contributed by atoms with Gasteiger partial charge in [0.2, 0.25) is 5.91 Å². The van der Waals surface area contributed by atoms with Crippen molar-refractivity contribution in [1.29, 1.82) is 0 Å². The van der Waals surface area contributed by atoms with Gasteiger partial charge in [0.25, 0.3) is 0 Å². The summed E-state index contributed by atoms with van der Waals surface area (Å²) in [6.07, 6.45) is 0.713. The van der Waals surface area contributed by atoms with Gasteiger partial charge in [0.1, 0.15) is 5.75 Å². The lowest BCUT2D eigenvalue weighted by molar-refractivity contribution is -0.122. The number of hydrogen-bond donors (Lipinski definition) is 1. The average Bonchev–Trinajstić information content (AvgIpc) is 2.26. The maximum absolute atomic E-state index is 10.7. The molecule has 0 saturated carbocycles. The molecular weight excluding hydrogens is 194 g/mol. The van der Waals surface area contributed by atoms with Crippen molar-refractivity contribution < 1.29 is 14.3 Å². The molecule has 80 valence electrons. The van der Waals surface area contributed by atoms with E-state index in [9.17, 15) is 9.59 Å². The van der Waals surface area contributed by atoms with E-state index in [4.69, 9.17) is 10.5 Å². The normalized spacial score (nSPS) is 11.8. The van der Waals surface area contributed by atoms with Crippen LogP contribution in [0.25, 0.3) is 0 Å². The molecule has 0 fully saturated rings. The summed E-state index contributed by atoms with van der Waals surface area (Å²) < 4.78 is 5.32. The number of carbonyl (C=O) groups excluding carboxylic acids is 2. The van der Waals surface area contributed by atoms with Gasteiger partial charge in [-0.1, -0.05) is 19.1 Å².